The van der Waals surface area contributed by atoms with Crippen LogP contribution >= 0.6 is 11.3 Å². The number of rotatable bonds is 9. The highest BCUT2D eigenvalue weighted by Gasteiger charge is 2.12. The molecule has 0 aliphatic rings. The van der Waals surface area contributed by atoms with Crippen molar-refractivity contribution >= 4 is 39.7 Å². The Morgan fingerprint density at radius 1 is 0.610 bits per heavy atom. The van der Waals surface area contributed by atoms with Crippen LogP contribution in [0.3, 0.4) is 0 Å². The van der Waals surface area contributed by atoms with Crippen molar-refractivity contribution in [3.8, 4) is 22.4 Å². The van der Waals surface area contributed by atoms with Crippen LogP contribution < -0.4 is 0 Å². The van der Waals surface area contributed by atoms with Crippen molar-refractivity contribution in [1.82, 2.24) is 4.98 Å². The van der Waals surface area contributed by atoms with Crippen LogP contribution in [0.25, 0.3) is 50.7 Å². The van der Waals surface area contributed by atoms with Gasteiger partial charge in [-0.05, 0) is 63.9 Å². The Balaban J connectivity index is 1.25. The van der Waals surface area contributed by atoms with Gasteiger partial charge in [-0.15, -0.1) is 11.3 Å². The average Bonchev–Trinajstić information content (AvgIpc) is 3.45. The number of aromatic nitrogens is 1. The summed E-state index contributed by atoms with van der Waals surface area (Å²) in [5.74, 6) is 0. The maximum absolute atomic E-state index is 5.19. The highest BCUT2D eigenvalue weighted by atomic mass is 32.1. The predicted octanol–water partition coefficient (Wildman–Crippen LogP) is 10.8. The van der Waals surface area contributed by atoms with Gasteiger partial charge in [0.15, 0.2) is 0 Å². The summed E-state index contributed by atoms with van der Waals surface area (Å²) in [6, 6.07) is 42.9. The lowest BCUT2D eigenvalue weighted by Gasteiger charge is -2.09. The molecule has 2 heteroatoms. The number of allylic oxidation sites excluding steroid dienone is 2. The lowest BCUT2D eigenvalue weighted by molar-refractivity contribution is 1.13. The number of thiophene rings is 1. The zero-order chi connectivity index (χ0) is 27.9. The molecule has 2 heterocycles. The molecule has 0 radical (unpaired) electrons. The molecule has 6 rings (SSSR count). The summed E-state index contributed by atoms with van der Waals surface area (Å²) in [5.41, 5.74) is 9.34. The van der Waals surface area contributed by atoms with Gasteiger partial charge in [-0.1, -0.05) is 134 Å². The second-order valence-corrected chi connectivity index (χ2v) is 11.1. The Labute approximate surface area is 246 Å². The Morgan fingerprint density at radius 2 is 1.27 bits per heavy atom. The molecule has 0 atom stereocenters. The molecule has 41 heavy (non-hydrogen) atoms. The molecule has 0 saturated heterocycles. The van der Waals surface area contributed by atoms with Gasteiger partial charge in [-0.2, -0.15) is 0 Å². The Bertz CT molecular complexity index is 1840. The molecular weight excluding hydrogens is 515 g/mol. The Hall–Kier alpha value is -4.79. The van der Waals surface area contributed by atoms with Crippen LogP contribution in [-0.4, -0.2) is 4.98 Å². The molecule has 6 aromatic rings. The van der Waals surface area contributed by atoms with Gasteiger partial charge >= 0.3 is 0 Å². The van der Waals surface area contributed by atoms with Gasteiger partial charge in [-0.3, -0.25) is 4.98 Å². The largest absolute Gasteiger partial charge is 0.251 e. The van der Waals surface area contributed by atoms with E-state index in [-0.39, 0.29) is 0 Å². The van der Waals surface area contributed by atoms with Crippen LogP contribution in [0.15, 0.2) is 140 Å². The molecule has 198 valence electrons. The molecule has 0 saturated carbocycles. The molecule has 0 aliphatic heterocycles. The van der Waals surface area contributed by atoms with E-state index in [2.05, 4.69) is 152 Å². The van der Waals surface area contributed by atoms with E-state index < -0.39 is 0 Å². The zero-order valence-electron chi connectivity index (χ0n) is 22.9. The first-order valence-electron chi connectivity index (χ1n) is 13.9. The summed E-state index contributed by atoms with van der Waals surface area (Å²) in [6.07, 6.45) is 12.4. The van der Waals surface area contributed by atoms with E-state index in [0.29, 0.717) is 0 Å². The SMILES string of the molecule is C=Cc1cc2cc(C/C=C/c3cccc(/C=C/Cc4ccccc4)c3)nc(-c3cccc(-c4ccccc4)c3)c2s1. The van der Waals surface area contributed by atoms with E-state index >= 15 is 0 Å². The summed E-state index contributed by atoms with van der Waals surface area (Å²) < 4.78 is 1.20. The van der Waals surface area contributed by atoms with Crippen LogP contribution in [0.4, 0.5) is 0 Å². The molecule has 0 fully saturated rings. The second-order valence-electron chi connectivity index (χ2n) is 10.0. The molecule has 1 nitrogen and oxygen atoms in total. The topological polar surface area (TPSA) is 12.9 Å². The molecule has 0 spiro atoms. The minimum Gasteiger partial charge on any atom is -0.251 e. The van der Waals surface area contributed by atoms with Gasteiger partial charge in [0.2, 0.25) is 0 Å². The van der Waals surface area contributed by atoms with E-state index in [1.165, 1.54) is 37.9 Å². The fourth-order valence-corrected chi connectivity index (χ4v) is 6.03. The lowest BCUT2D eigenvalue weighted by atomic mass is 10.0. The van der Waals surface area contributed by atoms with Crippen LogP contribution in [0.1, 0.15) is 27.3 Å². The lowest BCUT2D eigenvalue weighted by Crippen LogP contribution is -1.92. The van der Waals surface area contributed by atoms with Crippen molar-refractivity contribution in [2.75, 3.05) is 0 Å². The van der Waals surface area contributed by atoms with Crippen molar-refractivity contribution in [3.63, 3.8) is 0 Å². The summed E-state index contributed by atoms with van der Waals surface area (Å²) >= 11 is 1.75. The molecule has 0 aliphatic carbocycles. The summed E-state index contributed by atoms with van der Waals surface area (Å²) in [7, 11) is 0. The highest BCUT2D eigenvalue weighted by Crippen LogP contribution is 2.36. The highest BCUT2D eigenvalue weighted by molar-refractivity contribution is 7.20. The predicted molar refractivity (Wildman–Crippen MR) is 179 cm³/mol. The Kier molecular flexibility index (Phi) is 8.12. The minimum atomic E-state index is 0.759. The van der Waals surface area contributed by atoms with Crippen LogP contribution in [0.2, 0.25) is 0 Å². The van der Waals surface area contributed by atoms with Gasteiger partial charge in [0.05, 0.1) is 10.4 Å². The second kappa shape index (κ2) is 12.6. The zero-order valence-corrected chi connectivity index (χ0v) is 23.7. The first-order valence-corrected chi connectivity index (χ1v) is 14.8. The van der Waals surface area contributed by atoms with Crippen LogP contribution in [0, 0.1) is 0 Å². The number of hydrogen-bond donors (Lipinski definition) is 0. The molecule has 0 unspecified atom stereocenters. The first-order chi connectivity index (χ1) is 20.2. The normalized spacial score (nSPS) is 11.5. The van der Waals surface area contributed by atoms with Gasteiger partial charge in [-0.25, -0.2) is 0 Å². The minimum absolute atomic E-state index is 0.759. The number of pyridine rings is 1. The van der Waals surface area contributed by atoms with E-state index in [4.69, 9.17) is 4.98 Å². The van der Waals surface area contributed by atoms with Gasteiger partial charge in [0.25, 0.3) is 0 Å². The van der Waals surface area contributed by atoms with E-state index in [1.807, 2.05) is 6.08 Å². The summed E-state index contributed by atoms with van der Waals surface area (Å²) in [4.78, 5) is 6.34. The summed E-state index contributed by atoms with van der Waals surface area (Å²) in [6.45, 7) is 4.00. The molecule has 4 aromatic carbocycles. The molecule has 0 bridgehead atoms. The van der Waals surface area contributed by atoms with Crippen molar-refractivity contribution < 1.29 is 0 Å². The third-order valence-corrected chi connectivity index (χ3v) is 8.22. The van der Waals surface area contributed by atoms with Crippen LogP contribution in [-0.2, 0) is 12.8 Å². The molecule has 2 aromatic heterocycles. The quantitative estimate of drug-likeness (QED) is 0.176. The number of fused-ring (bicyclic) bond motifs is 1. The first kappa shape index (κ1) is 26.4. The third kappa shape index (κ3) is 6.51. The van der Waals surface area contributed by atoms with Crippen molar-refractivity contribution in [1.29, 1.82) is 0 Å². The molecule has 0 amide bonds. The number of nitrogens with zero attached hydrogens (tertiary/aromatic N) is 1. The van der Waals surface area contributed by atoms with Gasteiger partial charge in [0, 0.05) is 22.6 Å². The standard InChI is InChI=1S/C39H31NS/c1-2-37-28-35-27-36(24-11-19-31-18-10-17-30(25-31)16-9-15-29-13-5-3-6-14-29)40-38(39(35)41-37)34-23-12-22-33(26-34)32-20-7-4-8-21-32/h2-14,16-23,25-28H,1,15,24H2/b16-9+,19-11+. The fraction of sp³-hybridized carbons (Fsp3) is 0.0513. The number of hydrogen-bond acceptors (Lipinski definition) is 2. The average molecular weight is 546 g/mol. The summed E-state index contributed by atoms with van der Waals surface area (Å²) in [5, 5.41) is 1.22. The molecule has 0 N–H and O–H groups in total. The van der Waals surface area contributed by atoms with Gasteiger partial charge < -0.3 is 0 Å². The van der Waals surface area contributed by atoms with E-state index in [0.717, 1.165) is 34.7 Å². The van der Waals surface area contributed by atoms with Crippen molar-refractivity contribution in [2.24, 2.45) is 0 Å². The third-order valence-electron chi connectivity index (χ3n) is 7.07. The maximum atomic E-state index is 5.19. The smallest absolute Gasteiger partial charge is 0.0883 e. The monoisotopic (exact) mass is 545 g/mol. The number of benzene rings is 4. The van der Waals surface area contributed by atoms with Crippen molar-refractivity contribution in [2.45, 2.75) is 12.8 Å². The maximum Gasteiger partial charge on any atom is 0.0883 e. The Morgan fingerprint density at radius 3 is 2.02 bits per heavy atom. The van der Waals surface area contributed by atoms with Crippen molar-refractivity contribution in [3.05, 3.63) is 167 Å². The van der Waals surface area contributed by atoms with E-state index in [9.17, 15) is 0 Å². The van der Waals surface area contributed by atoms with Gasteiger partial charge in [0.1, 0.15) is 0 Å². The fourth-order valence-electron chi connectivity index (χ4n) is 5.03. The van der Waals surface area contributed by atoms with E-state index in [1.54, 1.807) is 11.3 Å². The molecular formula is C39H31NS. The van der Waals surface area contributed by atoms with Crippen LogP contribution in [0.5, 0.6) is 0 Å².